The topological polar surface area (TPSA) is 126 Å². The quantitative estimate of drug-likeness (QED) is 0.358. The van der Waals surface area contributed by atoms with Gasteiger partial charge in [-0.3, -0.25) is 4.18 Å². The van der Waals surface area contributed by atoms with Crippen molar-refractivity contribution in [3.8, 4) is 0 Å². The lowest BCUT2D eigenvalue weighted by molar-refractivity contribution is -0.151. The van der Waals surface area contributed by atoms with Gasteiger partial charge in [-0.05, 0) is 41.5 Å². The molecule has 2 amide bonds. The van der Waals surface area contributed by atoms with Crippen molar-refractivity contribution in [2.24, 2.45) is 0 Å². The van der Waals surface area contributed by atoms with Gasteiger partial charge in [0.05, 0.1) is 13.4 Å². The number of carbonyl (C=O) groups excluding carboxylic acids is 3. The maximum Gasteiger partial charge on any atom is 0.420 e. The molecule has 0 saturated heterocycles. The molecule has 0 radical (unpaired) electrons. The van der Waals surface area contributed by atoms with E-state index in [-0.39, 0.29) is 4.90 Å². The van der Waals surface area contributed by atoms with E-state index in [4.69, 9.17) is 9.47 Å². The minimum atomic E-state index is -4.07. The zero-order valence-electron chi connectivity index (χ0n) is 17.8. The van der Waals surface area contributed by atoms with Gasteiger partial charge in [-0.25, -0.2) is 18.8 Å². The summed E-state index contributed by atoms with van der Waals surface area (Å²) in [4.78, 5) is 38.2. The molecule has 0 aromatic rings. The Bertz CT molecular complexity index is 756. The van der Waals surface area contributed by atoms with E-state index < -0.39 is 63.7 Å². The second kappa shape index (κ2) is 7.71. The molecule has 29 heavy (non-hydrogen) atoms. The molecule has 0 unspecified atom stereocenters. The highest BCUT2D eigenvalue weighted by Crippen LogP contribution is 2.57. The second-order valence-electron chi connectivity index (χ2n) is 8.76. The summed E-state index contributed by atoms with van der Waals surface area (Å²) in [7, 11) is -3.13. The Kier molecular flexibility index (Phi) is 6.67. The van der Waals surface area contributed by atoms with Gasteiger partial charge in [0.15, 0.2) is 11.2 Å². The molecule has 168 valence electrons. The number of hydrogen-bond acceptors (Lipinski definition) is 9. The third-order valence-corrected chi connectivity index (χ3v) is 4.26. The minimum absolute atomic E-state index is 0.195. The average molecular weight is 441 g/mol. The molecule has 1 saturated carbocycles. The number of nitrogens with zero attached hydrogens (tertiary/aromatic N) is 1. The van der Waals surface area contributed by atoms with Gasteiger partial charge >= 0.3 is 18.2 Å². The number of carbonyl (C=O) groups is 3. The number of esters is 1. The van der Waals surface area contributed by atoms with Crippen LogP contribution in [-0.2, 0) is 33.3 Å². The van der Waals surface area contributed by atoms with Crippen molar-refractivity contribution in [1.82, 2.24) is 4.90 Å². The van der Waals surface area contributed by atoms with Crippen LogP contribution in [0.1, 0.15) is 48.0 Å². The van der Waals surface area contributed by atoms with Crippen LogP contribution in [0.25, 0.3) is 0 Å². The van der Waals surface area contributed by atoms with E-state index in [0.717, 1.165) is 7.11 Å². The fraction of sp³-hybridized carbons (Fsp3) is 0.824. The van der Waals surface area contributed by atoms with Crippen LogP contribution in [0, 0.1) is 0 Å². The van der Waals surface area contributed by atoms with E-state index in [0.29, 0.717) is 6.26 Å². The van der Waals surface area contributed by atoms with Gasteiger partial charge in [0.1, 0.15) is 17.8 Å². The number of ether oxygens (including phenoxy) is 3. The van der Waals surface area contributed by atoms with Crippen molar-refractivity contribution in [1.29, 1.82) is 0 Å². The monoisotopic (exact) mass is 441 g/mol. The molecule has 0 bridgehead atoms. The van der Waals surface area contributed by atoms with Crippen LogP contribution in [0.5, 0.6) is 0 Å². The molecule has 1 aliphatic carbocycles. The fourth-order valence-corrected chi connectivity index (χ4v) is 2.93. The predicted molar refractivity (Wildman–Crippen MR) is 98.3 cm³/mol. The summed E-state index contributed by atoms with van der Waals surface area (Å²) in [5, 5.41) is 0. The number of methoxy groups -OCH3 is 1. The SMILES string of the molecule is COC(=O)[C@@]1(N(C(=O)OC(C)(C)C)C(=O)OC(C)(C)C)C[C@@]1(F)COS(C)(=O)=O. The average Bonchev–Trinajstić information content (AvgIpc) is 3.07. The van der Waals surface area contributed by atoms with E-state index in [2.05, 4.69) is 8.92 Å². The van der Waals surface area contributed by atoms with Gasteiger partial charge in [0.2, 0.25) is 0 Å². The summed E-state index contributed by atoms with van der Waals surface area (Å²) in [6.45, 7) is 7.92. The summed E-state index contributed by atoms with van der Waals surface area (Å²) < 4.78 is 57.4. The van der Waals surface area contributed by atoms with Crippen molar-refractivity contribution in [3.63, 3.8) is 0 Å². The van der Waals surface area contributed by atoms with Crippen LogP contribution < -0.4 is 0 Å². The molecule has 1 rings (SSSR count). The van der Waals surface area contributed by atoms with Gasteiger partial charge in [-0.15, -0.1) is 0 Å². The van der Waals surface area contributed by atoms with Crippen molar-refractivity contribution in [2.75, 3.05) is 20.0 Å². The van der Waals surface area contributed by atoms with Crippen LogP contribution in [0.4, 0.5) is 14.0 Å². The van der Waals surface area contributed by atoms with Gasteiger partial charge in [-0.1, -0.05) is 0 Å². The van der Waals surface area contributed by atoms with Crippen LogP contribution in [-0.4, -0.2) is 73.9 Å². The van der Waals surface area contributed by atoms with Gasteiger partial charge in [0.25, 0.3) is 10.1 Å². The number of imide groups is 1. The zero-order valence-corrected chi connectivity index (χ0v) is 18.6. The molecular weight excluding hydrogens is 413 g/mol. The predicted octanol–water partition coefficient (Wildman–Crippen LogP) is 2.16. The lowest BCUT2D eigenvalue weighted by Gasteiger charge is -2.33. The Labute approximate surface area is 169 Å². The maximum atomic E-state index is 15.5. The van der Waals surface area contributed by atoms with Crippen LogP contribution in [0.3, 0.4) is 0 Å². The number of halogens is 1. The van der Waals surface area contributed by atoms with E-state index in [1.54, 1.807) is 0 Å². The maximum absolute atomic E-state index is 15.5. The van der Waals surface area contributed by atoms with E-state index in [9.17, 15) is 22.8 Å². The Hall–Kier alpha value is -1.95. The van der Waals surface area contributed by atoms with Crippen LogP contribution in [0.2, 0.25) is 0 Å². The standard InChI is InChI=1S/C17H28FNO9S/c1-14(2,3)27-12(21)19(13(22)28-15(4,5)6)17(11(20)25-7)9-16(17,18)10-26-29(8,23)24/h9-10H2,1-8H3/t16-,17+/m1/s1. The Morgan fingerprint density at radius 3 is 1.72 bits per heavy atom. The first-order valence-electron chi connectivity index (χ1n) is 8.66. The molecule has 0 spiro atoms. The molecule has 1 aliphatic rings. The normalized spacial score (nSPS) is 24.4. The number of hydrogen-bond donors (Lipinski definition) is 0. The number of rotatable bonds is 5. The highest BCUT2D eigenvalue weighted by molar-refractivity contribution is 7.85. The molecule has 10 nitrogen and oxygen atoms in total. The van der Waals surface area contributed by atoms with Crippen LogP contribution in [0.15, 0.2) is 0 Å². The van der Waals surface area contributed by atoms with Crippen molar-refractivity contribution >= 4 is 28.3 Å². The Balaban J connectivity index is 3.45. The largest absolute Gasteiger partial charge is 0.467 e. The lowest BCUT2D eigenvalue weighted by atomic mass is 10.1. The first-order chi connectivity index (χ1) is 12.8. The first-order valence-corrected chi connectivity index (χ1v) is 10.5. The van der Waals surface area contributed by atoms with Crippen molar-refractivity contribution < 1.29 is 45.6 Å². The van der Waals surface area contributed by atoms with E-state index in [1.807, 2.05) is 0 Å². The van der Waals surface area contributed by atoms with Crippen molar-refractivity contribution in [2.45, 2.75) is 70.4 Å². The fourth-order valence-electron chi connectivity index (χ4n) is 2.53. The summed E-state index contributed by atoms with van der Waals surface area (Å²) in [6, 6.07) is 0. The van der Waals surface area contributed by atoms with Crippen LogP contribution >= 0.6 is 0 Å². The summed E-state index contributed by atoms with van der Waals surface area (Å²) in [5.41, 5.74) is -7.41. The third-order valence-electron chi connectivity index (χ3n) is 3.71. The smallest absolute Gasteiger partial charge is 0.420 e. The molecule has 0 aromatic heterocycles. The second-order valence-corrected chi connectivity index (χ2v) is 10.4. The number of amides is 2. The first kappa shape index (κ1) is 25.1. The Morgan fingerprint density at radius 1 is 1.00 bits per heavy atom. The highest BCUT2D eigenvalue weighted by atomic mass is 32.2. The van der Waals surface area contributed by atoms with E-state index >= 15 is 4.39 Å². The molecule has 1 fully saturated rings. The van der Waals surface area contributed by atoms with Gasteiger partial charge in [0, 0.05) is 6.42 Å². The van der Waals surface area contributed by atoms with Gasteiger partial charge in [-0.2, -0.15) is 13.3 Å². The molecule has 2 atom stereocenters. The highest BCUT2D eigenvalue weighted by Gasteiger charge is 2.81. The number of alkyl halides is 1. The van der Waals surface area contributed by atoms with Crippen molar-refractivity contribution in [3.05, 3.63) is 0 Å². The molecule has 0 aromatic carbocycles. The third kappa shape index (κ3) is 6.01. The molecule has 12 heteroatoms. The molecule has 0 heterocycles. The van der Waals surface area contributed by atoms with E-state index in [1.165, 1.54) is 41.5 Å². The molecule has 0 aliphatic heterocycles. The summed E-state index contributed by atoms with van der Waals surface area (Å²) in [5.74, 6) is -1.28. The summed E-state index contributed by atoms with van der Waals surface area (Å²) >= 11 is 0. The van der Waals surface area contributed by atoms with Gasteiger partial charge < -0.3 is 14.2 Å². The summed E-state index contributed by atoms with van der Waals surface area (Å²) in [6.07, 6.45) is -2.76. The Morgan fingerprint density at radius 2 is 1.41 bits per heavy atom. The minimum Gasteiger partial charge on any atom is -0.467 e. The molecular formula is C17H28FNO9S. The molecule has 0 N–H and O–H groups in total. The lowest BCUT2D eigenvalue weighted by Crippen LogP contribution is -2.58. The zero-order chi connectivity index (χ0) is 23.1.